The Bertz CT molecular complexity index is 2270. The van der Waals surface area contributed by atoms with Crippen LogP contribution in [0, 0.1) is 12.3 Å². The van der Waals surface area contributed by atoms with Crippen LogP contribution in [0.5, 0.6) is 5.75 Å². The van der Waals surface area contributed by atoms with Crippen LogP contribution < -0.4 is 10.3 Å². The molecule has 0 unspecified atom stereocenters. The van der Waals surface area contributed by atoms with Crippen molar-refractivity contribution in [2.75, 3.05) is 39.3 Å². The fourth-order valence-electron chi connectivity index (χ4n) is 8.45. The number of carbonyl (C=O) groups is 6. The van der Waals surface area contributed by atoms with Crippen molar-refractivity contribution in [3.8, 4) is 17.1 Å². The highest BCUT2D eigenvalue weighted by molar-refractivity contribution is 5.99. The molecule has 3 amide bonds. The number of aromatic nitrogens is 2. The molecule has 6 rings (SSSR count). The van der Waals surface area contributed by atoms with Crippen LogP contribution in [0.3, 0.4) is 0 Å². The van der Waals surface area contributed by atoms with Crippen molar-refractivity contribution in [3.63, 3.8) is 0 Å². The van der Waals surface area contributed by atoms with Crippen LogP contribution in [0.4, 0.5) is 9.59 Å². The number of pyridine rings is 2. The maximum Gasteiger partial charge on any atom is 0.506 e. The number of carbonyl (C=O) groups excluding carboxylic acids is 3. The quantitative estimate of drug-likeness (QED) is 0.0542. The molecule has 0 radical (unpaired) electrons. The van der Waals surface area contributed by atoms with Gasteiger partial charge in [0, 0.05) is 56.6 Å². The maximum absolute atomic E-state index is 13.4. The largest absolute Gasteiger partial charge is 0.506 e. The van der Waals surface area contributed by atoms with Crippen LogP contribution in [0.2, 0.25) is 0 Å². The van der Waals surface area contributed by atoms with Crippen LogP contribution in [-0.4, -0.2) is 115 Å². The van der Waals surface area contributed by atoms with E-state index in [2.05, 4.69) is 0 Å². The molecule has 3 aliphatic heterocycles. The molecule has 2 aromatic heterocycles. The van der Waals surface area contributed by atoms with Crippen molar-refractivity contribution in [1.82, 2.24) is 24.3 Å². The third-order valence-electron chi connectivity index (χ3n) is 12.2. The summed E-state index contributed by atoms with van der Waals surface area (Å²) in [6.45, 7) is 5.42. The Morgan fingerprint density at radius 1 is 0.820 bits per heavy atom. The first kappa shape index (κ1) is 44.3. The van der Waals surface area contributed by atoms with Crippen molar-refractivity contribution >= 4 is 46.9 Å². The van der Waals surface area contributed by atoms with Gasteiger partial charge in [0.15, 0.2) is 5.41 Å². The summed E-state index contributed by atoms with van der Waals surface area (Å²) in [6, 6.07) is 7.11. The first-order valence-electron chi connectivity index (χ1n) is 21.0. The predicted octanol–water partition coefficient (Wildman–Crippen LogP) is 5.59. The number of fused-ring (bicyclic) bond motifs is 4. The highest BCUT2D eigenvalue weighted by Gasteiger charge is 2.49. The molecule has 3 N–H and O–H groups in total. The lowest BCUT2D eigenvalue weighted by Gasteiger charge is -2.35. The molecule has 17 heteroatoms. The standard InChI is InChI=1S/C44H53N5O12/c1-3-30-31-25-29(14-15-34(31)45-38-32(30)26-49-35(38)24-28(2)33(39(49)52)27-60-43(58)59)61-42(57)48-22-20-47(21-23-48)37(51)13-11-9-7-5-4-6-8-10-12-36(50)46-18-16-44(17-19-46,40(53)54)41(55)56/h10,12,14-15,24-25H,3-9,11,13,16-23,26-27H2,1-2H3,(H,53,54)(H,55,56)(H,58,59)/b12-10+. The molecular formula is C44H53N5O12. The minimum atomic E-state index is -1.83. The van der Waals surface area contributed by atoms with E-state index < -0.39 is 29.6 Å². The number of hydrogen-bond acceptors (Lipinski definition) is 10. The third kappa shape index (κ3) is 9.87. The molecule has 1 aromatic carbocycles. The number of ether oxygens (including phenoxy) is 2. The Hall–Kier alpha value is -6.26. The normalized spacial score (nSPS) is 15.7. The minimum absolute atomic E-state index is 0.0687. The number of rotatable bonds is 16. The van der Waals surface area contributed by atoms with Gasteiger partial charge in [0.05, 0.1) is 29.0 Å². The minimum Gasteiger partial charge on any atom is -0.480 e. The molecule has 0 atom stereocenters. The van der Waals surface area contributed by atoms with Gasteiger partial charge in [-0.25, -0.2) is 14.6 Å². The zero-order valence-corrected chi connectivity index (χ0v) is 34.7. The summed E-state index contributed by atoms with van der Waals surface area (Å²) in [5, 5.41) is 28.5. The molecule has 0 spiro atoms. The van der Waals surface area contributed by atoms with E-state index in [1.165, 1.54) is 11.0 Å². The van der Waals surface area contributed by atoms with Crippen molar-refractivity contribution in [3.05, 3.63) is 69.0 Å². The Kier molecular flexibility index (Phi) is 14.1. The lowest BCUT2D eigenvalue weighted by Crippen LogP contribution is -2.51. The number of piperidine rings is 1. The fraction of sp³-hybridized carbons (Fsp3) is 0.500. The summed E-state index contributed by atoms with van der Waals surface area (Å²) in [4.78, 5) is 95.7. The lowest BCUT2D eigenvalue weighted by atomic mass is 9.78. The number of aliphatic carboxylic acids is 2. The van der Waals surface area contributed by atoms with Crippen LogP contribution in [0.25, 0.3) is 22.3 Å². The van der Waals surface area contributed by atoms with Crippen LogP contribution in [0.1, 0.15) is 93.4 Å². The predicted molar refractivity (Wildman–Crippen MR) is 221 cm³/mol. The third-order valence-corrected chi connectivity index (χ3v) is 12.2. The summed E-state index contributed by atoms with van der Waals surface area (Å²) in [6.07, 6.45) is 8.51. The van der Waals surface area contributed by atoms with E-state index in [9.17, 15) is 43.8 Å². The number of aryl methyl sites for hydroxylation is 2. The number of carboxylic acids is 2. The number of unbranched alkanes of at least 4 members (excludes halogenated alkanes) is 6. The van der Waals surface area contributed by atoms with Gasteiger partial charge in [0.2, 0.25) is 11.8 Å². The molecule has 0 aliphatic carbocycles. The monoisotopic (exact) mass is 843 g/mol. The molecule has 2 fully saturated rings. The molecular weight excluding hydrogens is 791 g/mol. The average molecular weight is 844 g/mol. The smallest absolute Gasteiger partial charge is 0.480 e. The molecule has 0 bridgehead atoms. The van der Waals surface area contributed by atoms with Crippen molar-refractivity contribution in [1.29, 1.82) is 0 Å². The van der Waals surface area contributed by atoms with Gasteiger partial charge < -0.3 is 44.1 Å². The van der Waals surface area contributed by atoms with E-state index >= 15 is 0 Å². The zero-order chi connectivity index (χ0) is 43.8. The topological polar surface area (TPSA) is 226 Å². The second-order valence-electron chi connectivity index (χ2n) is 15.9. The Morgan fingerprint density at radius 2 is 1.48 bits per heavy atom. The SMILES string of the molecule is CCc1c2c(nc3ccc(OC(=O)N4CCN(C(=O)CCCCCCCC/C=C/C(=O)N5CCC(C(=O)O)(C(=O)O)CC5)CC4)cc13)-c1cc(C)c(COC(=O)O)c(=O)n1C2. The summed E-state index contributed by atoms with van der Waals surface area (Å²) < 4.78 is 12.1. The van der Waals surface area contributed by atoms with Gasteiger partial charge in [-0.1, -0.05) is 38.7 Å². The second-order valence-corrected chi connectivity index (χ2v) is 15.9. The second kappa shape index (κ2) is 19.4. The van der Waals surface area contributed by atoms with Crippen LogP contribution in [-0.2, 0) is 43.5 Å². The molecule has 2 saturated heterocycles. The van der Waals surface area contributed by atoms with Gasteiger partial charge in [-0.05, 0) is 86.9 Å². The lowest BCUT2D eigenvalue weighted by molar-refractivity contribution is -0.169. The first-order chi connectivity index (χ1) is 29.2. The van der Waals surface area contributed by atoms with Gasteiger partial charge in [-0.3, -0.25) is 24.0 Å². The van der Waals surface area contributed by atoms with Gasteiger partial charge in [-0.2, -0.15) is 0 Å². The Balaban J connectivity index is 0.888. The summed E-state index contributed by atoms with van der Waals surface area (Å²) in [5.74, 6) is -2.54. The Morgan fingerprint density at radius 3 is 2.13 bits per heavy atom. The number of likely N-dealkylation sites (tertiary alicyclic amines) is 1. The number of hydrogen-bond donors (Lipinski definition) is 3. The summed E-state index contributed by atoms with van der Waals surface area (Å²) in [7, 11) is 0. The van der Waals surface area contributed by atoms with Gasteiger partial charge in [0.25, 0.3) is 5.56 Å². The highest BCUT2D eigenvalue weighted by Crippen LogP contribution is 2.37. The van der Waals surface area contributed by atoms with E-state index in [4.69, 9.17) is 19.6 Å². The van der Waals surface area contributed by atoms with Crippen LogP contribution in [0.15, 0.2) is 41.2 Å². The van der Waals surface area contributed by atoms with Crippen molar-refractivity contribution < 1.29 is 53.6 Å². The molecule has 0 saturated carbocycles. The number of allylic oxidation sites excluding steroid dienone is 1. The highest BCUT2D eigenvalue weighted by atomic mass is 16.7. The van der Waals surface area contributed by atoms with Gasteiger partial charge >= 0.3 is 24.2 Å². The molecule has 5 heterocycles. The molecule has 3 aliphatic rings. The number of piperazine rings is 1. The van der Waals surface area contributed by atoms with Gasteiger partial charge in [0.1, 0.15) is 12.4 Å². The molecule has 326 valence electrons. The number of nitrogens with zero attached hydrogens (tertiary/aromatic N) is 5. The Labute approximate surface area is 352 Å². The fourth-order valence-corrected chi connectivity index (χ4v) is 8.45. The van der Waals surface area contributed by atoms with E-state index in [1.54, 1.807) is 45.6 Å². The number of benzene rings is 1. The van der Waals surface area contributed by atoms with E-state index in [1.807, 2.05) is 13.0 Å². The first-order valence-corrected chi connectivity index (χ1v) is 21.0. The van der Waals surface area contributed by atoms with E-state index in [0.717, 1.165) is 61.5 Å². The van der Waals surface area contributed by atoms with E-state index in [-0.39, 0.29) is 62.0 Å². The maximum atomic E-state index is 13.4. The molecule has 61 heavy (non-hydrogen) atoms. The average Bonchev–Trinajstić information content (AvgIpc) is 3.60. The van der Waals surface area contributed by atoms with Crippen molar-refractivity contribution in [2.45, 2.75) is 97.6 Å². The van der Waals surface area contributed by atoms with Gasteiger partial charge in [-0.15, -0.1) is 0 Å². The molecule has 3 aromatic rings. The summed E-state index contributed by atoms with van der Waals surface area (Å²) in [5.41, 5.74) is 2.64. The van der Waals surface area contributed by atoms with Crippen molar-refractivity contribution in [2.24, 2.45) is 5.41 Å². The van der Waals surface area contributed by atoms with Crippen LogP contribution >= 0.6 is 0 Å². The zero-order valence-electron chi connectivity index (χ0n) is 34.7. The summed E-state index contributed by atoms with van der Waals surface area (Å²) >= 11 is 0. The van der Waals surface area contributed by atoms with E-state index in [0.29, 0.717) is 67.2 Å². The number of amides is 3. The molecule has 17 nitrogen and oxygen atoms in total. The number of carboxylic acid groups (broad SMARTS) is 3.